The molecule has 0 bridgehead atoms. The van der Waals surface area contributed by atoms with Crippen molar-refractivity contribution < 1.29 is 9.84 Å². The summed E-state index contributed by atoms with van der Waals surface area (Å²) in [6, 6.07) is 3.39. The predicted octanol–water partition coefficient (Wildman–Crippen LogP) is 1.31. The van der Waals surface area contributed by atoms with Crippen molar-refractivity contribution in [2.24, 2.45) is 0 Å². The second kappa shape index (κ2) is 6.10. The lowest BCUT2D eigenvalue weighted by molar-refractivity contribution is 0.270. The Morgan fingerprint density at radius 1 is 1.43 bits per heavy atom. The highest BCUT2D eigenvalue weighted by atomic mass is 16.5. The fourth-order valence-corrected chi connectivity index (χ4v) is 0.913. The van der Waals surface area contributed by atoms with Crippen LogP contribution in [-0.2, 0) is 6.61 Å². The molecule has 0 unspecified atom stereocenters. The molecule has 4 heteroatoms. The number of rotatable bonds is 6. The van der Waals surface area contributed by atoms with Gasteiger partial charge >= 0.3 is 0 Å². The lowest BCUT2D eigenvalue weighted by atomic mass is 10.3. The van der Waals surface area contributed by atoms with Crippen molar-refractivity contribution in [2.45, 2.75) is 19.4 Å². The van der Waals surface area contributed by atoms with Gasteiger partial charge in [0.15, 0.2) is 0 Å². The van der Waals surface area contributed by atoms with Gasteiger partial charge in [0, 0.05) is 6.07 Å². The molecule has 0 aromatic carbocycles. The smallest absolute Gasteiger partial charge is 0.233 e. The molecule has 0 radical (unpaired) electrons. The van der Waals surface area contributed by atoms with Crippen LogP contribution in [0, 0.1) is 0 Å². The van der Waals surface area contributed by atoms with Crippen molar-refractivity contribution in [1.29, 1.82) is 0 Å². The second-order valence-corrected chi connectivity index (χ2v) is 2.80. The van der Waals surface area contributed by atoms with Crippen molar-refractivity contribution in [3.63, 3.8) is 0 Å². The van der Waals surface area contributed by atoms with Crippen LogP contribution in [0.2, 0.25) is 0 Å². The second-order valence-electron chi connectivity index (χ2n) is 2.80. The van der Waals surface area contributed by atoms with Crippen LogP contribution in [0.15, 0.2) is 24.8 Å². The minimum Gasteiger partial charge on any atom is -0.477 e. The summed E-state index contributed by atoms with van der Waals surface area (Å²) in [5.74, 6) is 0.492. The maximum absolute atomic E-state index is 8.72. The molecule has 0 aliphatic rings. The van der Waals surface area contributed by atoms with E-state index in [1.807, 2.05) is 6.08 Å². The highest BCUT2D eigenvalue weighted by Gasteiger charge is 1.96. The first kappa shape index (κ1) is 10.7. The van der Waals surface area contributed by atoms with Crippen LogP contribution in [0.25, 0.3) is 0 Å². The van der Waals surface area contributed by atoms with Crippen LogP contribution < -0.4 is 4.74 Å². The molecule has 76 valence electrons. The maximum atomic E-state index is 8.72. The van der Waals surface area contributed by atoms with Crippen LogP contribution >= 0.6 is 0 Å². The van der Waals surface area contributed by atoms with E-state index in [1.54, 1.807) is 12.1 Å². The fraction of sp³-hybridized carbons (Fsp3) is 0.400. The number of allylic oxidation sites excluding steroid dienone is 1. The molecule has 14 heavy (non-hydrogen) atoms. The Morgan fingerprint density at radius 2 is 2.29 bits per heavy atom. The molecular weight excluding hydrogens is 180 g/mol. The molecule has 1 aromatic heterocycles. The summed E-state index contributed by atoms with van der Waals surface area (Å²) in [5, 5.41) is 16.3. The number of hydrogen-bond donors (Lipinski definition) is 1. The van der Waals surface area contributed by atoms with Gasteiger partial charge in [-0.2, -0.15) is 0 Å². The molecule has 1 aromatic rings. The molecule has 1 rings (SSSR count). The number of nitrogens with zero attached hydrogens (tertiary/aromatic N) is 2. The molecule has 0 amide bonds. The van der Waals surface area contributed by atoms with Gasteiger partial charge in [-0.25, -0.2) is 0 Å². The third-order valence-corrected chi connectivity index (χ3v) is 1.66. The lowest BCUT2D eigenvalue weighted by Gasteiger charge is -2.02. The highest BCUT2D eigenvalue weighted by molar-refractivity contribution is 5.10. The molecule has 0 aliphatic carbocycles. The van der Waals surface area contributed by atoms with Crippen molar-refractivity contribution in [3.05, 3.63) is 30.5 Å². The van der Waals surface area contributed by atoms with E-state index in [0.29, 0.717) is 18.2 Å². The first-order chi connectivity index (χ1) is 6.86. The van der Waals surface area contributed by atoms with Crippen LogP contribution in [-0.4, -0.2) is 21.9 Å². The minimum absolute atomic E-state index is 0.0935. The highest BCUT2D eigenvalue weighted by Crippen LogP contribution is 2.05. The van der Waals surface area contributed by atoms with Gasteiger partial charge in [-0.15, -0.1) is 16.8 Å². The van der Waals surface area contributed by atoms with Crippen molar-refractivity contribution in [2.75, 3.05) is 6.61 Å². The topological polar surface area (TPSA) is 55.2 Å². The number of hydrogen-bond acceptors (Lipinski definition) is 4. The van der Waals surface area contributed by atoms with E-state index in [1.165, 1.54) is 0 Å². The standard InChI is InChI=1S/C10H14N2O2/c1-2-3-4-7-14-10-6-5-9(8-13)11-12-10/h2,5-6,13H,1,3-4,7-8H2. The Hall–Kier alpha value is -1.42. The average Bonchev–Trinajstić information content (AvgIpc) is 2.25. The van der Waals surface area contributed by atoms with Crippen LogP contribution in [0.4, 0.5) is 0 Å². The van der Waals surface area contributed by atoms with Crippen molar-refractivity contribution in [1.82, 2.24) is 10.2 Å². The molecule has 4 nitrogen and oxygen atoms in total. The Bertz CT molecular complexity index is 272. The van der Waals surface area contributed by atoms with Gasteiger partial charge < -0.3 is 9.84 Å². The molecule has 0 atom stereocenters. The van der Waals surface area contributed by atoms with E-state index < -0.39 is 0 Å². The molecule has 0 saturated heterocycles. The third-order valence-electron chi connectivity index (χ3n) is 1.66. The van der Waals surface area contributed by atoms with E-state index >= 15 is 0 Å². The molecule has 0 spiro atoms. The summed E-state index contributed by atoms with van der Waals surface area (Å²) >= 11 is 0. The van der Waals surface area contributed by atoms with Crippen molar-refractivity contribution >= 4 is 0 Å². The number of unbranched alkanes of at least 4 members (excludes halogenated alkanes) is 1. The van der Waals surface area contributed by atoms with Gasteiger partial charge in [0.1, 0.15) is 0 Å². The molecule has 0 aliphatic heterocycles. The van der Waals surface area contributed by atoms with Gasteiger partial charge in [-0.1, -0.05) is 6.08 Å². The van der Waals surface area contributed by atoms with Crippen LogP contribution in [0.1, 0.15) is 18.5 Å². The zero-order valence-corrected chi connectivity index (χ0v) is 8.02. The Morgan fingerprint density at radius 3 is 2.86 bits per heavy atom. The quantitative estimate of drug-likeness (QED) is 0.548. The predicted molar refractivity (Wildman–Crippen MR) is 52.9 cm³/mol. The SMILES string of the molecule is C=CCCCOc1ccc(CO)nn1. The normalized spacial score (nSPS) is 9.79. The molecule has 0 fully saturated rings. The molecule has 1 N–H and O–H groups in total. The summed E-state index contributed by atoms with van der Waals surface area (Å²) in [5.41, 5.74) is 0.545. The number of aromatic nitrogens is 2. The van der Waals surface area contributed by atoms with Crippen LogP contribution in [0.3, 0.4) is 0 Å². The maximum Gasteiger partial charge on any atom is 0.233 e. The van der Waals surface area contributed by atoms with E-state index in [2.05, 4.69) is 16.8 Å². The lowest BCUT2D eigenvalue weighted by Crippen LogP contribution is -2.00. The van der Waals surface area contributed by atoms with Crippen LogP contribution in [0.5, 0.6) is 5.88 Å². The Balaban J connectivity index is 2.32. The largest absolute Gasteiger partial charge is 0.477 e. The molecule has 0 saturated carbocycles. The summed E-state index contributed by atoms with van der Waals surface area (Å²) in [6.45, 7) is 4.13. The molecular formula is C10H14N2O2. The van der Waals surface area contributed by atoms with Crippen molar-refractivity contribution in [3.8, 4) is 5.88 Å². The number of ether oxygens (including phenoxy) is 1. The van der Waals surface area contributed by atoms with E-state index in [9.17, 15) is 0 Å². The summed E-state index contributed by atoms with van der Waals surface area (Å²) in [6.07, 6.45) is 3.71. The minimum atomic E-state index is -0.0935. The third kappa shape index (κ3) is 3.53. The number of aliphatic hydroxyl groups excluding tert-OH is 1. The summed E-state index contributed by atoms with van der Waals surface area (Å²) in [4.78, 5) is 0. The Labute approximate surface area is 83.2 Å². The van der Waals surface area contributed by atoms with Gasteiger partial charge in [0.05, 0.1) is 18.9 Å². The monoisotopic (exact) mass is 194 g/mol. The fourth-order valence-electron chi connectivity index (χ4n) is 0.913. The van der Waals surface area contributed by atoms with E-state index in [4.69, 9.17) is 9.84 Å². The zero-order chi connectivity index (χ0) is 10.2. The van der Waals surface area contributed by atoms with Gasteiger partial charge in [-0.3, -0.25) is 0 Å². The van der Waals surface area contributed by atoms with Gasteiger partial charge in [0.25, 0.3) is 0 Å². The van der Waals surface area contributed by atoms with Gasteiger partial charge in [-0.05, 0) is 18.9 Å². The first-order valence-electron chi connectivity index (χ1n) is 4.54. The van der Waals surface area contributed by atoms with E-state index in [-0.39, 0.29) is 6.61 Å². The average molecular weight is 194 g/mol. The first-order valence-corrected chi connectivity index (χ1v) is 4.54. The van der Waals surface area contributed by atoms with E-state index in [0.717, 1.165) is 12.8 Å². The zero-order valence-electron chi connectivity index (χ0n) is 8.02. The van der Waals surface area contributed by atoms with Gasteiger partial charge in [0.2, 0.25) is 5.88 Å². The Kier molecular flexibility index (Phi) is 4.64. The number of aliphatic hydroxyl groups is 1. The molecule has 1 heterocycles. The summed E-state index contributed by atoms with van der Waals surface area (Å²) in [7, 11) is 0. The summed E-state index contributed by atoms with van der Waals surface area (Å²) < 4.78 is 5.30.